The van der Waals surface area contributed by atoms with Crippen LogP contribution in [0, 0.1) is 11.7 Å². The van der Waals surface area contributed by atoms with Crippen molar-refractivity contribution in [2.24, 2.45) is 5.92 Å². The number of carbonyl (C=O) groups is 1. The van der Waals surface area contributed by atoms with Crippen molar-refractivity contribution in [3.63, 3.8) is 0 Å². The van der Waals surface area contributed by atoms with Crippen LogP contribution in [0.3, 0.4) is 0 Å². The second-order valence-electron chi connectivity index (χ2n) is 7.17. The van der Waals surface area contributed by atoms with Gasteiger partial charge in [-0.15, -0.1) is 10.2 Å². The molecule has 0 unspecified atom stereocenters. The first-order valence-corrected chi connectivity index (χ1v) is 9.40. The number of nitrogens with zero attached hydrogens (tertiary/aromatic N) is 4. The lowest BCUT2D eigenvalue weighted by Crippen LogP contribution is -2.49. The molecule has 0 bridgehead atoms. The lowest BCUT2D eigenvalue weighted by atomic mass is 10.1. The molecule has 2 aromatic rings. The number of halogens is 1. The van der Waals surface area contributed by atoms with E-state index in [1.807, 2.05) is 0 Å². The van der Waals surface area contributed by atoms with Crippen LogP contribution in [0.2, 0.25) is 0 Å². The maximum atomic E-state index is 13.1. The van der Waals surface area contributed by atoms with E-state index in [9.17, 15) is 9.18 Å². The SMILES string of the molecule is CC(C)CCNc1ccc(C(=O)N2CCN(c3ccc(F)cc3)CC2)nn1. The first kappa shape index (κ1) is 19.1. The van der Waals surface area contributed by atoms with Crippen molar-refractivity contribution in [3.8, 4) is 0 Å². The molecule has 0 spiro atoms. The fourth-order valence-corrected chi connectivity index (χ4v) is 3.01. The molecule has 6 nitrogen and oxygen atoms in total. The summed E-state index contributed by atoms with van der Waals surface area (Å²) in [6.45, 7) is 7.80. The van der Waals surface area contributed by atoms with Gasteiger partial charge in [0.2, 0.25) is 0 Å². The molecule has 0 atom stereocenters. The minimum atomic E-state index is -0.242. The van der Waals surface area contributed by atoms with Crippen LogP contribution in [0.4, 0.5) is 15.9 Å². The highest BCUT2D eigenvalue weighted by molar-refractivity contribution is 5.92. The molecular formula is C20H26FN5O. The standard InChI is InChI=1S/C20H26FN5O/c1-15(2)9-10-22-19-8-7-18(23-24-19)20(27)26-13-11-25(12-14-26)17-5-3-16(21)4-6-17/h3-8,15H,9-14H2,1-2H3,(H,22,24). The normalized spacial score (nSPS) is 14.5. The zero-order chi connectivity index (χ0) is 19.2. The van der Waals surface area contributed by atoms with E-state index in [-0.39, 0.29) is 11.7 Å². The Morgan fingerprint density at radius 3 is 2.37 bits per heavy atom. The first-order valence-electron chi connectivity index (χ1n) is 9.40. The second-order valence-corrected chi connectivity index (χ2v) is 7.17. The highest BCUT2D eigenvalue weighted by Crippen LogP contribution is 2.17. The topological polar surface area (TPSA) is 61.4 Å². The van der Waals surface area contributed by atoms with Crippen molar-refractivity contribution in [2.45, 2.75) is 20.3 Å². The van der Waals surface area contributed by atoms with Crippen LogP contribution in [0.15, 0.2) is 36.4 Å². The lowest BCUT2D eigenvalue weighted by Gasteiger charge is -2.35. The Hall–Kier alpha value is -2.70. The van der Waals surface area contributed by atoms with E-state index in [4.69, 9.17) is 0 Å². The fraction of sp³-hybridized carbons (Fsp3) is 0.450. The Balaban J connectivity index is 1.52. The molecule has 1 aromatic heterocycles. The molecule has 0 radical (unpaired) electrons. The predicted octanol–water partition coefficient (Wildman–Crippen LogP) is 3.04. The van der Waals surface area contributed by atoms with Gasteiger partial charge in [0.1, 0.15) is 11.6 Å². The van der Waals surface area contributed by atoms with Crippen LogP contribution >= 0.6 is 0 Å². The summed E-state index contributed by atoms with van der Waals surface area (Å²) >= 11 is 0. The van der Waals surface area contributed by atoms with Gasteiger partial charge in [-0.1, -0.05) is 13.8 Å². The van der Waals surface area contributed by atoms with Crippen LogP contribution in [-0.4, -0.2) is 53.7 Å². The van der Waals surface area contributed by atoms with Crippen LogP contribution in [0.1, 0.15) is 30.8 Å². The summed E-state index contributed by atoms with van der Waals surface area (Å²) in [6.07, 6.45) is 1.06. The van der Waals surface area contributed by atoms with Gasteiger partial charge in [0, 0.05) is 38.4 Å². The van der Waals surface area contributed by atoms with E-state index >= 15 is 0 Å². The van der Waals surface area contributed by atoms with E-state index in [1.165, 1.54) is 12.1 Å². The molecule has 1 aromatic carbocycles. The molecule has 2 heterocycles. The second kappa shape index (κ2) is 8.79. The number of carbonyl (C=O) groups excluding carboxylic acids is 1. The fourth-order valence-electron chi connectivity index (χ4n) is 3.01. The number of aromatic nitrogens is 2. The number of amides is 1. The maximum absolute atomic E-state index is 13.1. The van der Waals surface area contributed by atoms with Crippen molar-refractivity contribution >= 4 is 17.4 Å². The molecular weight excluding hydrogens is 345 g/mol. The van der Waals surface area contributed by atoms with Gasteiger partial charge in [-0.3, -0.25) is 4.79 Å². The van der Waals surface area contributed by atoms with E-state index in [1.54, 1.807) is 29.2 Å². The van der Waals surface area contributed by atoms with Crippen molar-refractivity contribution in [1.29, 1.82) is 0 Å². The number of nitrogens with one attached hydrogen (secondary N) is 1. The Labute approximate surface area is 159 Å². The highest BCUT2D eigenvalue weighted by atomic mass is 19.1. The molecule has 1 fully saturated rings. The Kier molecular flexibility index (Phi) is 6.21. The number of benzene rings is 1. The first-order chi connectivity index (χ1) is 13.0. The third kappa shape index (κ3) is 5.15. The molecule has 1 aliphatic rings. The molecule has 1 saturated heterocycles. The Morgan fingerprint density at radius 1 is 1.07 bits per heavy atom. The van der Waals surface area contributed by atoms with Crippen molar-refractivity contribution in [3.05, 3.63) is 47.9 Å². The van der Waals surface area contributed by atoms with E-state index in [0.717, 1.165) is 18.7 Å². The summed E-state index contributed by atoms with van der Waals surface area (Å²) in [7, 11) is 0. The van der Waals surface area contributed by atoms with Gasteiger partial charge in [-0.2, -0.15) is 0 Å². The number of rotatable bonds is 6. The van der Waals surface area contributed by atoms with E-state index < -0.39 is 0 Å². The van der Waals surface area contributed by atoms with Crippen molar-refractivity contribution in [1.82, 2.24) is 15.1 Å². The quantitative estimate of drug-likeness (QED) is 0.846. The van der Waals surface area contributed by atoms with Crippen LogP contribution < -0.4 is 10.2 Å². The average molecular weight is 371 g/mol. The van der Waals surface area contributed by atoms with Gasteiger partial charge in [0.25, 0.3) is 5.91 Å². The van der Waals surface area contributed by atoms with Gasteiger partial charge in [-0.25, -0.2) is 4.39 Å². The molecule has 27 heavy (non-hydrogen) atoms. The molecule has 1 amide bonds. The number of piperazine rings is 1. The third-order valence-electron chi connectivity index (χ3n) is 4.67. The summed E-state index contributed by atoms with van der Waals surface area (Å²) < 4.78 is 13.1. The smallest absolute Gasteiger partial charge is 0.274 e. The average Bonchev–Trinajstić information content (AvgIpc) is 2.68. The van der Waals surface area contributed by atoms with Crippen molar-refractivity contribution < 1.29 is 9.18 Å². The zero-order valence-corrected chi connectivity index (χ0v) is 15.9. The summed E-state index contributed by atoms with van der Waals surface area (Å²) in [5.74, 6) is 0.969. The summed E-state index contributed by atoms with van der Waals surface area (Å²) in [6, 6.07) is 9.97. The van der Waals surface area contributed by atoms with Gasteiger partial charge in [-0.05, 0) is 48.7 Å². The van der Waals surface area contributed by atoms with Gasteiger partial charge < -0.3 is 15.1 Å². The molecule has 1 aliphatic heterocycles. The minimum absolute atomic E-state index is 0.102. The molecule has 0 aliphatic carbocycles. The minimum Gasteiger partial charge on any atom is -0.369 e. The maximum Gasteiger partial charge on any atom is 0.274 e. The highest BCUT2D eigenvalue weighted by Gasteiger charge is 2.23. The number of hydrogen-bond acceptors (Lipinski definition) is 5. The third-order valence-corrected chi connectivity index (χ3v) is 4.67. The number of anilines is 2. The molecule has 0 saturated carbocycles. The summed E-state index contributed by atoms with van der Waals surface area (Å²) in [5.41, 5.74) is 1.33. The van der Waals surface area contributed by atoms with Gasteiger partial charge in [0.15, 0.2) is 5.69 Å². The predicted molar refractivity (Wildman–Crippen MR) is 104 cm³/mol. The Morgan fingerprint density at radius 2 is 1.78 bits per heavy atom. The molecule has 3 rings (SSSR count). The van der Waals surface area contributed by atoms with E-state index in [2.05, 4.69) is 34.3 Å². The molecule has 144 valence electrons. The van der Waals surface area contributed by atoms with Crippen LogP contribution in [0.5, 0.6) is 0 Å². The van der Waals surface area contributed by atoms with Crippen LogP contribution in [0.25, 0.3) is 0 Å². The van der Waals surface area contributed by atoms with Crippen molar-refractivity contribution in [2.75, 3.05) is 42.9 Å². The lowest BCUT2D eigenvalue weighted by molar-refractivity contribution is 0.0739. The van der Waals surface area contributed by atoms with Crippen LogP contribution in [-0.2, 0) is 0 Å². The largest absolute Gasteiger partial charge is 0.369 e. The Bertz CT molecular complexity index is 740. The number of hydrogen-bond donors (Lipinski definition) is 1. The summed E-state index contributed by atoms with van der Waals surface area (Å²) in [4.78, 5) is 16.6. The van der Waals surface area contributed by atoms with Gasteiger partial charge in [0.05, 0.1) is 0 Å². The summed E-state index contributed by atoms with van der Waals surface area (Å²) in [5, 5.41) is 11.4. The zero-order valence-electron chi connectivity index (χ0n) is 15.9. The van der Waals surface area contributed by atoms with E-state index in [0.29, 0.717) is 43.6 Å². The van der Waals surface area contributed by atoms with Gasteiger partial charge >= 0.3 is 0 Å². The molecule has 7 heteroatoms. The monoisotopic (exact) mass is 371 g/mol. The molecule has 1 N–H and O–H groups in total.